The van der Waals surface area contributed by atoms with Gasteiger partial charge in [-0.25, -0.2) is 12.8 Å². The maximum Gasteiger partial charge on any atom is 0.291 e. The number of sulfonamides is 1. The number of amides is 1. The second kappa shape index (κ2) is 7.50. The van der Waals surface area contributed by atoms with E-state index in [0.717, 1.165) is 24.3 Å². The Labute approximate surface area is 154 Å². The number of furan rings is 1. The van der Waals surface area contributed by atoms with Crippen LogP contribution in [-0.2, 0) is 10.0 Å². The first kappa shape index (κ1) is 18.5. The summed E-state index contributed by atoms with van der Waals surface area (Å²) < 4.78 is 50.6. The van der Waals surface area contributed by atoms with Crippen molar-refractivity contribution < 1.29 is 26.8 Å². The minimum Gasteiger partial charge on any atom is -0.495 e. The second-order valence-electron chi connectivity index (χ2n) is 5.41. The lowest BCUT2D eigenvalue weighted by molar-refractivity contribution is 0.0996. The van der Waals surface area contributed by atoms with Gasteiger partial charge in [0.1, 0.15) is 11.6 Å². The van der Waals surface area contributed by atoms with Crippen molar-refractivity contribution >= 4 is 27.3 Å². The van der Waals surface area contributed by atoms with Gasteiger partial charge < -0.3 is 14.5 Å². The van der Waals surface area contributed by atoms with E-state index in [9.17, 15) is 17.6 Å². The summed E-state index contributed by atoms with van der Waals surface area (Å²) in [5, 5.41) is 2.60. The molecule has 0 aliphatic heterocycles. The van der Waals surface area contributed by atoms with Gasteiger partial charge in [-0.3, -0.25) is 9.52 Å². The van der Waals surface area contributed by atoms with Crippen LogP contribution in [0.25, 0.3) is 0 Å². The Morgan fingerprint density at radius 2 is 1.85 bits per heavy atom. The fraction of sp³-hybridized carbons (Fsp3) is 0.0556. The number of halogens is 1. The van der Waals surface area contributed by atoms with Gasteiger partial charge in [-0.05, 0) is 54.6 Å². The average Bonchev–Trinajstić information content (AvgIpc) is 3.17. The van der Waals surface area contributed by atoms with Crippen LogP contribution in [0, 0.1) is 5.82 Å². The van der Waals surface area contributed by atoms with Crippen molar-refractivity contribution in [1.29, 1.82) is 0 Å². The number of ether oxygens (including phenoxy) is 1. The molecule has 9 heteroatoms. The lowest BCUT2D eigenvalue weighted by Gasteiger charge is -2.14. The molecule has 3 rings (SSSR count). The highest BCUT2D eigenvalue weighted by Crippen LogP contribution is 2.30. The van der Waals surface area contributed by atoms with Gasteiger partial charge in [0.25, 0.3) is 15.9 Å². The van der Waals surface area contributed by atoms with Crippen LogP contribution in [0.4, 0.5) is 15.8 Å². The molecule has 0 aliphatic rings. The highest BCUT2D eigenvalue weighted by molar-refractivity contribution is 7.92. The zero-order valence-corrected chi connectivity index (χ0v) is 14.9. The third kappa shape index (κ3) is 4.26. The predicted molar refractivity (Wildman–Crippen MR) is 96.9 cm³/mol. The maximum atomic E-state index is 13.0. The summed E-state index contributed by atoms with van der Waals surface area (Å²) in [7, 11) is -2.60. The van der Waals surface area contributed by atoms with Crippen LogP contribution in [0.1, 0.15) is 10.6 Å². The Balaban J connectivity index is 1.87. The topological polar surface area (TPSA) is 97.6 Å². The van der Waals surface area contributed by atoms with E-state index in [-0.39, 0.29) is 22.1 Å². The van der Waals surface area contributed by atoms with Crippen molar-refractivity contribution in [3.8, 4) is 5.75 Å². The molecule has 0 saturated carbocycles. The molecule has 0 unspecified atom stereocenters. The van der Waals surface area contributed by atoms with Gasteiger partial charge in [0.2, 0.25) is 0 Å². The smallest absolute Gasteiger partial charge is 0.291 e. The van der Waals surface area contributed by atoms with E-state index in [1.54, 1.807) is 12.1 Å². The largest absolute Gasteiger partial charge is 0.495 e. The van der Waals surface area contributed by atoms with E-state index in [4.69, 9.17) is 9.15 Å². The van der Waals surface area contributed by atoms with E-state index >= 15 is 0 Å². The summed E-state index contributed by atoms with van der Waals surface area (Å²) in [5.41, 5.74) is 0.438. The van der Waals surface area contributed by atoms with Crippen LogP contribution in [0.2, 0.25) is 0 Å². The number of benzene rings is 2. The van der Waals surface area contributed by atoms with E-state index < -0.39 is 21.7 Å². The molecule has 0 radical (unpaired) electrons. The first-order chi connectivity index (χ1) is 12.9. The fourth-order valence-electron chi connectivity index (χ4n) is 2.28. The van der Waals surface area contributed by atoms with Gasteiger partial charge >= 0.3 is 0 Å². The Morgan fingerprint density at radius 1 is 1.11 bits per heavy atom. The first-order valence-corrected chi connectivity index (χ1v) is 9.18. The number of hydrogen-bond acceptors (Lipinski definition) is 5. The molecule has 2 N–H and O–H groups in total. The molecule has 0 bridgehead atoms. The molecule has 1 amide bonds. The van der Waals surface area contributed by atoms with E-state index in [1.165, 1.54) is 31.6 Å². The van der Waals surface area contributed by atoms with Crippen LogP contribution >= 0.6 is 0 Å². The molecule has 27 heavy (non-hydrogen) atoms. The molecule has 0 atom stereocenters. The number of carbonyl (C=O) groups is 1. The lowest BCUT2D eigenvalue weighted by atomic mass is 10.2. The minimum atomic E-state index is -3.98. The molecule has 0 saturated heterocycles. The standard InChI is InChI=1S/C18H15FN2O5S/c1-25-16-9-6-13(20-18(22)17-3-2-10-26-17)11-15(16)21-27(23,24)14-7-4-12(19)5-8-14/h2-11,21H,1H3,(H,20,22). The number of rotatable bonds is 6. The molecule has 3 aromatic rings. The average molecular weight is 390 g/mol. The first-order valence-electron chi connectivity index (χ1n) is 7.70. The molecule has 2 aromatic carbocycles. The van der Waals surface area contributed by atoms with E-state index in [1.807, 2.05) is 0 Å². The maximum absolute atomic E-state index is 13.0. The zero-order valence-electron chi connectivity index (χ0n) is 14.1. The quantitative estimate of drug-likeness (QED) is 0.672. The third-order valence-electron chi connectivity index (χ3n) is 3.57. The molecule has 140 valence electrons. The second-order valence-corrected chi connectivity index (χ2v) is 7.09. The van der Waals surface area contributed by atoms with Gasteiger partial charge in [-0.1, -0.05) is 0 Å². The number of anilines is 2. The lowest BCUT2D eigenvalue weighted by Crippen LogP contribution is -2.15. The molecular weight excluding hydrogens is 375 g/mol. The van der Waals surface area contributed by atoms with Gasteiger partial charge in [0.05, 0.1) is 24.0 Å². The summed E-state index contributed by atoms with van der Waals surface area (Å²) in [4.78, 5) is 12.0. The molecule has 7 nitrogen and oxygen atoms in total. The summed E-state index contributed by atoms with van der Waals surface area (Å²) in [6, 6.07) is 11.9. The summed E-state index contributed by atoms with van der Waals surface area (Å²) >= 11 is 0. The number of hydrogen-bond donors (Lipinski definition) is 2. The minimum absolute atomic E-state index is 0.110. The zero-order chi connectivity index (χ0) is 19.4. The summed E-state index contributed by atoms with van der Waals surface area (Å²) in [5.74, 6) is -0.678. The molecule has 0 aliphatic carbocycles. The van der Waals surface area contributed by atoms with E-state index in [0.29, 0.717) is 5.69 Å². The SMILES string of the molecule is COc1ccc(NC(=O)c2ccco2)cc1NS(=O)(=O)c1ccc(F)cc1. The van der Waals surface area contributed by atoms with Crippen LogP contribution in [0.5, 0.6) is 5.75 Å². The van der Waals surface area contributed by atoms with Gasteiger partial charge in [-0.15, -0.1) is 0 Å². The predicted octanol–water partition coefficient (Wildman–Crippen LogP) is 3.48. The highest BCUT2D eigenvalue weighted by atomic mass is 32.2. The summed E-state index contributed by atoms with van der Waals surface area (Å²) in [6.07, 6.45) is 1.37. The van der Waals surface area contributed by atoms with Crippen molar-refractivity contribution in [2.45, 2.75) is 4.90 Å². The number of methoxy groups -OCH3 is 1. The van der Waals surface area contributed by atoms with Gasteiger partial charge in [0.15, 0.2) is 5.76 Å². The molecule has 0 spiro atoms. The molecule has 1 aromatic heterocycles. The fourth-order valence-corrected chi connectivity index (χ4v) is 3.34. The van der Waals surface area contributed by atoms with Crippen LogP contribution in [-0.4, -0.2) is 21.4 Å². The molecule has 0 fully saturated rings. The Bertz CT molecular complexity index is 1050. The van der Waals surface area contributed by atoms with Crippen LogP contribution < -0.4 is 14.8 Å². The Morgan fingerprint density at radius 3 is 2.48 bits per heavy atom. The van der Waals surface area contributed by atoms with Crippen LogP contribution in [0.15, 0.2) is 70.2 Å². The number of nitrogens with one attached hydrogen (secondary N) is 2. The van der Waals surface area contributed by atoms with E-state index in [2.05, 4.69) is 10.0 Å². The van der Waals surface area contributed by atoms with Crippen LogP contribution in [0.3, 0.4) is 0 Å². The molecule has 1 heterocycles. The Kier molecular flexibility index (Phi) is 5.13. The summed E-state index contributed by atoms with van der Waals surface area (Å²) in [6.45, 7) is 0. The highest BCUT2D eigenvalue weighted by Gasteiger charge is 2.18. The van der Waals surface area contributed by atoms with Crippen molar-refractivity contribution in [2.75, 3.05) is 17.1 Å². The number of carbonyl (C=O) groups excluding carboxylic acids is 1. The third-order valence-corrected chi connectivity index (χ3v) is 4.95. The van der Waals surface area contributed by atoms with Gasteiger partial charge in [-0.2, -0.15) is 0 Å². The van der Waals surface area contributed by atoms with Crippen molar-refractivity contribution in [2.24, 2.45) is 0 Å². The van der Waals surface area contributed by atoms with Crippen molar-refractivity contribution in [1.82, 2.24) is 0 Å². The van der Waals surface area contributed by atoms with Crippen molar-refractivity contribution in [3.63, 3.8) is 0 Å². The normalized spacial score (nSPS) is 11.0. The molecular formula is C18H15FN2O5S. The Hall–Kier alpha value is -3.33. The monoisotopic (exact) mass is 390 g/mol. The van der Waals surface area contributed by atoms with Gasteiger partial charge in [0, 0.05) is 5.69 Å². The van der Waals surface area contributed by atoms with Crippen molar-refractivity contribution in [3.05, 3.63) is 72.4 Å².